The summed E-state index contributed by atoms with van der Waals surface area (Å²) in [4.78, 5) is 10.4. The van der Waals surface area contributed by atoms with E-state index >= 15 is 0 Å². The minimum absolute atomic E-state index is 0.0442. The highest BCUT2D eigenvalue weighted by Gasteiger charge is 2.13. The summed E-state index contributed by atoms with van der Waals surface area (Å²) in [5.41, 5.74) is 0.383. The summed E-state index contributed by atoms with van der Waals surface area (Å²) in [6.45, 7) is 0.862. The second-order valence-corrected chi connectivity index (χ2v) is 4.44. The van der Waals surface area contributed by atoms with Gasteiger partial charge in [0.2, 0.25) is 0 Å². The first-order chi connectivity index (χ1) is 9.66. The Morgan fingerprint density at radius 2 is 1.95 bits per heavy atom. The van der Waals surface area contributed by atoms with Crippen molar-refractivity contribution in [2.75, 3.05) is 18.5 Å². The molecule has 0 saturated heterocycles. The van der Waals surface area contributed by atoms with E-state index in [0.29, 0.717) is 23.9 Å². The maximum Gasteiger partial charge on any atom is 0.293 e. The molecule has 5 nitrogen and oxygen atoms in total. The van der Waals surface area contributed by atoms with E-state index in [1.165, 1.54) is 6.07 Å². The zero-order valence-corrected chi connectivity index (χ0v) is 11.3. The predicted octanol–water partition coefficient (Wildman–Crippen LogP) is 3.74. The highest BCUT2D eigenvalue weighted by Crippen LogP contribution is 2.27. The fraction of sp³-hybridized carbons (Fsp3) is 0.143. The molecule has 0 radical (unpaired) electrons. The van der Waals surface area contributed by atoms with E-state index in [9.17, 15) is 10.1 Å². The highest BCUT2D eigenvalue weighted by atomic mass is 35.5. The Balaban J connectivity index is 1.90. The number of nitro groups is 1. The van der Waals surface area contributed by atoms with E-state index in [-0.39, 0.29) is 5.69 Å². The standard InChI is InChI=1S/C14H13ClN2O3/c15-11-6-7-13(14(10-11)17(18)19)16-8-9-20-12-4-2-1-3-5-12/h1-7,10,16H,8-9H2. The third-order valence-electron chi connectivity index (χ3n) is 2.59. The first-order valence-electron chi connectivity index (χ1n) is 6.02. The summed E-state index contributed by atoms with van der Waals surface area (Å²) in [7, 11) is 0. The Morgan fingerprint density at radius 1 is 1.20 bits per heavy atom. The van der Waals surface area contributed by atoms with Crippen LogP contribution < -0.4 is 10.1 Å². The molecule has 0 unspecified atom stereocenters. The molecule has 0 saturated carbocycles. The van der Waals surface area contributed by atoms with Crippen LogP contribution in [0.15, 0.2) is 48.5 Å². The van der Waals surface area contributed by atoms with Crippen LogP contribution in [0.2, 0.25) is 5.02 Å². The summed E-state index contributed by atoms with van der Waals surface area (Å²) >= 11 is 5.75. The molecule has 0 aliphatic carbocycles. The number of nitrogens with zero attached hydrogens (tertiary/aromatic N) is 1. The maximum absolute atomic E-state index is 10.9. The fourth-order valence-electron chi connectivity index (χ4n) is 1.68. The monoisotopic (exact) mass is 292 g/mol. The third kappa shape index (κ3) is 3.86. The van der Waals surface area contributed by atoms with Gasteiger partial charge in [-0.05, 0) is 24.3 Å². The first kappa shape index (κ1) is 14.1. The topological polar surface area (TPSA) is 64.4 Å². The van der Waals surface area contributed by atoms with Crippen molar-refractivity contribution in [1.29, 1.82) is 0 Å². The molecule has 0 atom stereocenters. The molecular weight excluding hydrogens is 280 g/mol. The fourth-order valence-corrected chi connectivity index (χ4v) is 1.84. The van der Waals surface area contributed by atoms with Crippen LogP contribution in [0.1, 0.15) is 0 Å². The van der Waals surface area contributed by atoms with Gasteiger partial charge in [0.05, 0.1) is 4.92 Å². The number of nitro benzene ring substituents is 1. The van der Waals surface area contributed by atoms with E-state index in [1.54, 1.807) is 12.1 Å². The zero-order valence-electron chi connectivity index (χ0n) is 10.6. The number of rotatable bonds is 6. The van der Waals surface area contributed by atoms with Gasteiger partial charge in [-0.3, -0.25) is 10.1 Å². The molecule has 2 aromatic carbocycles. The van der Waals surface area contributed by atoms with Gasteiger partial charge in [0.25, 0.3) is 5.69 Å². The number of para-hydroxylation sites is 1. The lowest BCUT2D eigenvalue weighted by molar-refractivity contribution is -0.383. The van der Waals surface area contributed by atoms with Crippen molar-refractivity contribution in [2.24, 2.45) is 0 Å². The molecule has 2 rings (SSSR count). The van der Waals surface area contributed by atoms with Crippen LogP contribution in [0, 0.1) is 10.1 Å². The molecule has 0 aliphatic rings. The molecule has 0 amide bonds. The number of hydrogen-bond acceptors (Lipinski definition) is 4. The van der Waals surface area contributed by atoms with Gasteiger partial charge in [-0.15, -0.1) is 0 Å². The average molecular weight is 293 g/mol. The van der Waals surface area contributed by atoms with Gasteiger partial charge in [0.1, 0.15) is 18.0 Å². The van der Waals surface area contributed by atoms with Gasteiger partial charge in [0.15, 0.2) is 0 Å². The van der Waals surface area contributed by atoms with E-state index in [2.05, 4.69) is 5.32 Å². The molecule has 20 heavy (non-hydrogen) atoms. The largest absolute Gasteiger partial charge is 0.492 e. The van der Waals surface area contributed by atoms with Gasteiger partial charge in [0, 0.05) is 17.6 Å². The van der Waals surface area contributed by atoms with Crippen molar-refractivity contribution in [3.05, 3.63) is 63.7 Å². The molecule has 104 valence electrons. The highest BCUT2D eigenvalue weighted by molar-refractivity contribution is 6.30. The quantitative estimate of drug-likeness (QED) is 0.500. The summed E-state index contributed by atoms with van der Waals surface area (Å²) in [5, 5.41) is 14.2. The minimum Gasteiger partial charge on any atom is -0.492 e. The number of halogens is 1. The summed E-state index contributed by atoms with van der Waals surface area (Å²) in [6.07, 6.45) is 0. The summed E-state index contributed by atoms with van der Waals surface area (Å²) in [5.74, 6) is 0.764. The summed E-state index contributed by atoms with van der Waals surface area (Å²) < 4.78 is 5.49. The van der Waals surface area contributed by atoms with Crippen LogP contribution in [-0.2, 0) is 0 Å². The Kier molecular flexibility index (Phi) is 4.79. The Labute approximate surface area is 121 Å². The molecule has 0 spiro atoms. The molecular formula is C14H13ClN2O3. The zero-order chi connectivity index (χ0) is 14.4. The number of anilines is 1. The van der Waals surface area contributed by atoms with E-state index < -0.39 is 4.92 Å². The first-order valence-corrected chi connectivity index (χ1v) is 6.40. The van der Waals surface area contributed by atoms with Crippen molar-refractivity contribution in [2.45, 2.75) is 0 Å². The van der Waals surface area contributed by atoms with Crippen molar-refractivity contribution in [3.8, 4) is 5.75 Å². The Bertz CT molecular complexity index is 590. The summed E-state index contributed by atoms with van der Waals surface area (Å²) in [6, 6.07) is 13.9. The van der Waals surface area contributed by atoms with Gasteiger partial charge in [-0.2, -0.15) is 0 Å². The van der Waals surface area contributed by atoms with Crippen LogP contribution in [0.25, 0.3) is 0 Å². The van der Waals surface area contributed by atoms with Crippen LogP contribution in [0.4, 0.5) is 11.4 Å². The SMILES string of the molecule is O=[N+]([O-])c1cc(Cl)ccc1NCCOc1ccccc1. The second kappa shape index (κ2) is 6.77. The van der Waals surface area contributed by atoms with Crippen molar-refractivity contribution >= 4 is 23.0 Å². The third-order valence-corrected chi connectivity index (χ3v) is 2.82. The van der Waals surface area contributed by atoms with E-state index in [0.717, 1.165) is 5.75 Å². The lowest BCUT2D eigenvalue weighted by Crippen LogP contribution is -2.12. The van der Waals surface area contributed by atoms with E-state index in [4.69, 9.17) is 16.3 Å². The Morgan fingerprint density at radius 3 is 2.65 bits per heavy atom. The second-order valence-electron chi connectivity index (χ2n) is 4.01. The smallest absolute Gasteiger partial charge is 0.293 e. The predicted molar refractivity (Wildman–Crippen MR) is 78.5 cm³/mol. The molecule has 6 heteroatoms. The lowest BCUT2D eigenvalue weighted by Gasteiger charge is -2.09. The van der Waals surface area contributed by atoms with Gasteiger partial charge in [-0.25, -0.2) is 0 Å². The number of nitrogens with one attached hydrogen (secondary N) is 1. The number of benzene rings is 2. The van der Waals surface area contributed by atoms with Crippen molar-refractivity contribution in [1.82, 2.24) is 0 Å². The molecule has 2 aromatic rings. The Hall–Kier alpha value is -2.27. The average Bonchev–Trinajstić information content (AvgIpc) is 2.45. The number of ether oxygens (including phenoxy) is 1. The lowest BCUT2D eigenvalue weighted by atomic mass is 10.2. The van der Waals surface area contributed by atoms with Crippen LogP contribution in [0.3, 0.4) is 0 Å². The van der Waals surface area contributed by atoms with Gasteiger partial charge in [-0.1, -0.05) is 29.8 Å². The van der Waals surface area contributed by atoms with Crippen molar-refractivity contribution in [3.63, 3.8) is 0 Å². The molecule has 0 aliphatic heterocycles. The van der Waals surface area contributed by atoms with Crippen LogP contribution in [0.5, 0.6) is 5.75 Å². The maximum atomic E-state index is 10.9. The van der Waals surface area contributed by atoms with E-state index in [1.807, 2.05) is 30.3 Å². The molecule has 0 aromatic heterocycles. The molecule has 1 N–H and O–H groups in total. The van der Waals surface area contributed by atoms with Crippen molar-refractivity contribution < 1.29 is 9.66 Å². The molecule has 0 bridgehead atoms. The number of hydrogen-bond donors (Lipinski definition) is 1. The molecule has 0 heterocycles. The van der Waals surface area contributed by atoms with Crippen LogP contribution >= 0.6 is 11.6 Å². The minimum atomic E-state index is -0.466. The van der Waals surface area contributed by atoms with Crippen LogP contribution in [-0.4, -0.2) is 18.1 Å². The van der Waals surface area contributed by atoms with Gasteiger partial charge >= 0.3 is 0 Å². The van der Waals surface area contributed by atoms with Gasteiger partial charge < -0.3 is 10.1 Å². The normalized spacial score (nSPS) is 10.1. The molecule has 0 fully saturated rings.